The van der Waals surface area contributed by atoms with Crippen molar-refractivity contribution in [1.29, 1.82) is 0 Å². The van der Waals surface area contributed by atoms with Crippen molar-refractivity contribution >= 4 is 23.0 Å². The molecule has 1 unspecified atom stereocenters. The molecule has 0 radical (unpaired) electrons. The van der Waals surface area contributed by atoms with Crippen LogP contribution in [0, 0.1) is 0 Å². The second-order valence-corrected chi connectivity index (χ2v) is 2.27. The quantitative estimate of drug-likeness (QED) is 0.835. The summed E-state index contributed by atoms with van der Waals surface area (Å²) in [5.41, 5.74) is 0. The summed E-state index contributed by atoms with van der Waals surface area (Å²) in [7, 11) is 0. The van der Waals surface area contributed by atoms with Gasteiger partial charge in [-0.25, -0.2) is 4.98 Å². The van der Waals surface area contributed by atoms with E-state index in [4.69, 9.17) is 5.11 Å². The number of rotatable bonds is 3. The lowest BCUT2D eigenvalue weighted by Crippen LogP contribution is -2.11. The highest BCUT2D eigenvalue weighted by atomic mass is 79.9. The Balaban J connectivity index is 0.00000121. The minimum atomic E-state index is -0.831. The van der Waals surface area contributed by atoms with Gasteiger partial charge in [-0.2, -0.15) is 0 Å². The van der Waals surface area contributed by atoms with Crippen LogP contribution in [-0.2, 0) is 4.79 Å². The molecule has 0 aliphatic carbocycles. The third-order valence-corrected chi connectivity index (χ3v) is 1.56. The lowest BCUT2D eigenvalue weighted by atomic mass is 10.1. The van der Waals surface area contributed by atoms with Gasteiger partial charge in [0, 0.05) is 12.4 Å². The molecule has 0 spiro atoms. The van der Waals surface area contributed by atoms with E-state index in [2.05, 4.69) is 9.97 Å². The first-order chi connectivity index (χ1) is 5.25. The van der Waals surface area contributed by atoms with Gasteiger partial charge in [0.25, 0.3) is 0 Å². The van der Waals surface area contributed by atoms with E-state index in [9.17, 15) is 4.79 Å². The van der Waals surface area contributed by atoms with Crippen LogP contribution in [0.4, 0.5) is 0 Å². The van der Waals surface area contributed by atoms with E-state index < -0.39 is 11.9 Å². The number of hydrogen-bond donors (Lipinski definition) is 2. The maximum Gasteiger partial charge on any atom is 0.314 e. The molecule has 0 aliphatic rings. The van der Waals surface area contributed by atoms with E-state index in [1.54, 1.807) is 12.4 Å². The molecule has 68 valence electrons. The monoisotopic (exact) mass is 234 g/mol. The fourth-order valence-electron chi connectivity index (χ4n) is 0.953. The summed E-state index contributed by atoms with van der Waals surface area (Å²) < 4.78 is 0. The van der Waals surface area contributed by atoms with Crippen LogP contribution in [0.15, 0.2) is 12.4 Å². The Morgan fingerprint density at radius 2 is 2.50 bits per heavy atom. The number of halogens is 1. The zero-order chi connectivity index (χ0) is 8.27. The van der Waals surface area contributed by atoms with E-state index in [1.165, 1.54) is 0 Å². The molecule has 1 atom stereocenters. The molecule has 1 heterocycles. The third-order valence-electron chi connectivity index (χ3n) is 1.56. The summed E-state index contributed by atoms with van der Waals surface area (Å²) in [4.78, 5) is 17.2. The van der Waals surface area contributed by atoms with Crippen molar-refractivity contribution in [2.75, 3.05) is 0 Å². The van der Waals surface area contributed by atoms with Gasteiger partial charge in [-0.05, 0) is 6.42 Å². The number of nitrogens with one attached hydrogen (secondary N) is 1. The Labute approximate surface area is 80.8 Å². The van der Waals surface area contributed by atoms with Crippen LogP contribution in [0.3, 0.4) is 0 Å². The van der Waals surface area contributed by atoms with E-state index in [-0.39, 0.29) is 17.0 Å². The Kier molecular flexibility index (Phi) is 4.58. The fraction of sp³-hybridized carbons (Fsp3) is 0.429. The van der Waals surface area contributed by atoms with Crippen LogP contribution < -0.4 is 0 Å². The van der Waals surface area contributed by atoms with Gasteiger partial charge in [0.15, 0.2) is 0 Å². The molecule has 1 rings (SSSR count). The Bertz CT molecular complexity index is 236. The number of carboxylic acid groups (broad SMARTS) is 1. The first-order valence-corrected chi connectivity index (χ1v) is 3.47. The first kappa shape index (κ1) is 11.2. The number of carbonyl (C=O) groups is 1. The summed E-state index contributed by atoms with van der Waals surface area (Å²) in [6.45, 7) is 1.82. The number of aromatic nitrogens is 2. The van der Waals surface area contributed by atoms with E-state index in [1.807, 2.05) is 6.92 Å². The van der Waals surface area contributed by atoms with Crippen molar-refractivity contribution < 1.29 is 9.90 Å². The summed E-state index contributed by atoms with van der Waals surface area (Å²) in [6, 6.07) is 0. The molecule has 2 N–H and O–H groups in total. The standard InChI is InChI=1S/C7H10N2O2.BrH/c1-2-5(7(10)11)6-8-3-4-9-6;/h3-5H,2H2,1H3,(H,8,9)(H,10,11);1H. The summed E-state index contributed by atoms with van der Waals surface area (Å²) in [5.74, 6) is -0.799. The van der Waals surface area contributed by atoms with Crippen molar-refractivity contribution in [2.45, 2.75) is 19.3 Å². The van der Waals surface area contributed by atoms with Gasteiger partial charge in [-0.15, -0.1) is 17.0 Å². The highest BCUT2D eigenvalue weighted by Gasteiger charge is 2.18. The minimum Gasteiger partial charge on any atom is -0.481 e. The van der Waals surface area contributed by atoms with Gasteiger partial charge in [-0.1, -0.05) is 6.92 Å². The van der Waals surface area contributed by atoms with Gasteiger partial charge >= 0.3 is 5.97 Å². The molecular weight excluding hydrogens is 224 g/mol. The van der Waals surface area contributed by atoms with Gasteiger partial charge < -0.3 is 10.1 Å². The number of H-pyrrole nitrogens is 1. The van der Waals surface area contributed by atoms with Crippen molar-refractivity contribution in [3.05, 3.63) is 18.2 Å². The van der Waals surface area contributed by atoms with Crippen molar-refractivity contribution in [3.63, 3.8) is 0 Å². The highest BCUT2D eigenvalue weighted by molar-refractivity contribution is 8.93. The topological polar surface area (TPSA) is 66.0 Å². The number of aliphatic carboxylic acids is 1. The van der Waals surface area contributed by atoms with Gasteiger partial charge in [-0.3, -0.25) is 4.79 Å². The molecular formula is C7H11BrN2O2. The molecule has 0 fully saturated rings. The SMILES string of the molecule is Br.CCC(C(=O)O)c1ncc[nH]1. The van der Waals surface area contributed by atoms with E-state index in [0.29, 0.717) is 12.2 Å². The number of carboxylic acids is 1. The number of hydrogen-bond acceptors (Lipinski definition) is 2. The summed E-state index contributed by atoms with van der Waals surface area (Å²) in [5, 5.41) is 8.69. The molecule has 0 aliphatic heterocycles. The predicted molar refractivity (Wildman–Crippen MR) is 49.6 cm³/mol. The molecule has 1 aromatic heterocycles. The van der Waals surface area contributed by atoms with E-state index >= 15 is 0 Å². The number of aromatic amines is 1. The first-order valence-electron chi connectivity index (χ1n) is 3.47. The smallest absolute Gasteiger partial charge is 0.314 e. The average Bonchev–Trinajstić information content (AvgIpc) is 2.40. The highest BCUT2D eigenvalue weighted by Crippen LogP contribution is 2.14. The zero-order valence-corrected chi connectivity index (χ0v) is 8.36. The molecule has 0 saturated carbocycles. The van der Waals surface area contributed by atoms with Crippen LogP contribution in [-0.4, -0.2) is 21.0 Å². The Morgan fingerprint density at radius 3 is 2.83 bits per heavy atom. The van der Waals surface area contributed by atoms with Crippen molar-refractivity contribution in [2.24, 2.45) is 0 Å². The van der Waals surface area contributed by atoms with Crippen LogP contribution in [0.5, 0.6) is 0 Å². The van der Waals surface area contributed by atoms with Crippen molar-refractivity contribution in [3.8, 4) is 0 Å². The number of imidazole rings is 1. The molecule has 0 bridgehead atoms. The maximum absolute atomic E-state index is 10.6. The lowest BCUT2D eigenvalue weighted by Gasteiger charge is -2.04. The molecule has 0 amide bonds. The van der Waals surface area contributed by atoms with Crippen LogP contribution in [0.25, 0.3) is 0 Å². The van der Waals surface area contributed by atoms with Gasteiger partial charge in [0.05, 0.1) is 0 Å². The Morgan fingerprint density at radius 1 is 1.83 bits per heavy atom. The van der Waals surface area contributed by atoms with Crippen LogP contribution in [0.1, 0.15) is 25.1 Å². The lowest BCUT2D eigenvalue weighted by molar-refractivity contribution is -0.139. The zero-order valence-electron chi connectivity index (χ0n) is 6.65. The minimum absolute atomic E-state index is 0. The summed E-state index contributed by atoms with van der Waals surface area (Å²) >= 11 is 0. The average molecular weight is 235 g/mol. The van der Waals surface area contributed by atoms with Gasteiger partial charge in [0.1, 0.15) is 11.7 Å². The molecule has 0 aromatic carbocycles. The fourth-order valence-corrected chi connectivity index (χ4v) is 0.953. The van der Waals surface area contributed by atoms with Gasteiger partial charge in [0.2, 0.25) is 0 Å². The van der Waals surface area contributed by atoms with Crippen LogP contribution in [0.2, 0.25) is 0 Å². The largest absolute Gasteiger partial charge is 0.481 e. The number of nitrogens with zero attached hydrogens (tertiary/aromatic N) is 1. The summed E-state index contributed by atoms with van der Waals surface area (Å²) in [6.07, 6.45) is 3.74. The molecule has 1 aromatic rings. The maximum atomic E-state index is 10.6. The predicted octanol–water partition coefficient (Wildman–Crippen LogP) is 1.57. The van der Waals surface area contributed by atoms with Crippen molar-refractivity contribution in [1.82, 2.24) is 9.97 Å². The third kappa shape index (κ3) is 2.34. The molecule has 4 nitrogen and oxygen atoms in total. The second kappa shape index (κ2) is 4.92. The normalized spacial score (nSPS) is 11.8. The molecule has 5 heteroatoms. The van der Waals surface area contributed by atoms with Crippen LogP contribution >= 0.6 is 17.0 Å². The molecule has 12 heavy (non-hydrogen) atoms. The second-order valence-electron chi connectivity index (χ2n) is 2.27. The van der Waals surface area contributed by atoms with E-state index in [0.717, 1.165) is 0 Å². The Hall–Kier alpha value is -0.840. The molecule has 0 saturated heterocycles.